The number of piperazine rings is 1. The highest BCUT2D eigenvalue weighted by molar-refractivity contribution is 5.94. The fraction of sp³-hybridized carbons (Fsp3) is 0.333. The Morgan fingerprint density at radius 2 is 1.95 bits per heavy atom. The van der Waals surface area contributed by atoms with E-state index in [9.17, 15) is 4.79 Å². The van der Waals surface area contributed by atoms with Crippen molar-refractivity contribution < 1.29 is 4.79 Å². The van der Waals surface area contributed by atoms with Gasteiger partial charge in [-0.1, -0.05) is 12.1 Å². The van der Waals surface area contributed by atoms with Crippen molar-refractivity contribution in [2.75, 3.05) is 24.5 Å². The number of hydrogen-bond donors (Lipinski definition) is 0. The minimum atomic E-state index is 0.0955. The Kier molecular flexibility index (Phi) is 4.09. The molecule has 1 saturated heterocycles. The third kappa shape index (κ3) is 2.96. The van der Waals surface area contributed by atoms with Crippen LogP contribution >= 0.6 is 0 Å². The number of nitrogens with zero attached hydrogens (tertiary/aromatic N) is 3. The fourth-order valence-electron chi connectivity index (χ4n) is 3.01. The molecule has 1 atom stereocenters. The van der Waals surface area contributed by atoms with Gasteiger partial charge in [0.15, 0.2) is 0 Å². The number of carbonyl (C=O) groups is 1. The summed E-state index contributed by atoms with van der Waals surface area (Å²) in [6.45, 7) is 6.64. The molecule has 1 aromatic carbocycles. The average molecular weight is 295 g/mol. The number of aromatic nitrogens is 1. The van der Waals surface area contributed by atoms with Gasteiger partial charge in [-0.25, -0.2) is 0 Å². The zero-order valence-corrected chi connectivity index (χ0v) is 13.1. The summed E-state index contributed by atoms with van der Waals surface area (Å²) in [5, 5.41) is 0. The van der Waals surface area contributed by atoms with E-state index in [4.69, 9.17) is 0 Å². The van der Waals surface area contributed by atoms with Crippen LogP contribution in [0.25, 0.3) is 0 Å². The molecule has 1 aromatic heterocycles. The minimum absolute atomic E-state index is 0.0955. The molecule has 4 heteroatoms. The van der Waals surface area contributed by atoms with Crippen molar-refractivity contribution >= 4 is 11.6 Å². The van der Waals surface area contributed by atoms with Crippen LogP contribution in [-0.4, -0.2) is 41.5 Å². The van der Waals surface area contributed by atoms with Crippen LogP contribution in [0.3, 0.4) is 0 Å². The molecule has 0 N–H and O–H groups in total. The van der Waals surface area contributed by atoms with E-state index in [1.54, 1.807) is 24.5 Å². The van der Waals surface area contributed by atoms with Crippen LogP contribution in [0.15, 0.2) is 48.8 Å². The molecular formula is C18H21N3O. The SMILES string of the molecule is Cc1cccc(N2CCN(C(=O)c3ccncc3)C[C@H]2C)c1. The normalized spacial score (nSPS) is 18.4. The van der Waals surface area contributed by atoms with Crippen LogP contribution in [0, 0.1) is 6.92 Å². The van der Waals surface area contributed by atoms with E-state index in [-0.39, 0.29) is 5.91 Å². The molecule has 1 aliphatic heterocycles. The van der Waals surface area contributed by atoms with E-state index < -0.39 is 0 Å². The molecule has 0 bridgehead atoms. The molecule has 4 nitrogen and oxygen atoms in total. The second-order valence-electron chi connectivity index (χ2n) is 5.87. The number of benzene rings is 1. The lowest BCUT2D eigenvalue weighted by molar-refractivity contribution is 0.0726. The second-order valence-corrected chi connectivity index (χ2v) is 5.87. The predicted octanol–water partition coefficient (Wildman–Crippen LogP) is 2.74. The summed E-state index contributed by atoms with van der Waals surface area (Å²) in [7, 11) is 0. The number of pyridine rings is 1. The molecule has 2 heterocycles. The Morgan fingerprint density at radius 3 is 2.64 bits per heavy atom. The highest BCUT2D eigenvalue weighted by Crippen LogP contribution is 2.22. The Morgan fingerprint density at radius 1 is 1.18 bits per heavy atom. The second kappa shape index (κ2) is 6.18. The lowest BCUT2D eigenvalue weighted by atomic mass is 10.1. The summed E-state index contributed by atoms with van der Waals surface area (Å²) in [4.78, 5) is 20.8. The van der Waals surface area contributed by atoms with Crippen molar-refractivity contribution in [2.45, 2.75) is 19.9 Å². The van der Waals surface area contributed by atoms with Crippen LogP contribution in [-0.2, 0) is 0 Å². The quantitative estimate of drug-likeness (QED) is 0.855. The molecule has 0 aliphatic carbocycles. The van der Waals surface area contributed by atoms with Crippen molar-refractivity contribution in [1.29, 1.82) is 0 Å². The molecule has 1 aliphatic rings. The Bertz CT molecular complexity index is 656. The zero-order valence-electron chi connectivity index (χ0n) is 13.1. The molecule has 0 radical (unpaired) electrons. The van der Waals surface area contributed by atoms with Crippen molar-refractivity contribution in [3.8, 4) is 0 Å². The molecule has 0 spiro atoms. The summed E-state index contributed by atoms with van der Waals surface area (Å²) >= 11 is 0. The largest absolute Gasteiger partial charge is 0.365 e. The van der Waals surface area contributed by atoms with Crippen LogP contribution in [0.2, 0.25) is 0 Å². The molecule has 0 unspecified atom stereocenters. The van der Waals surface area contributed by atoms with Gasteiger partial charge in [0.05, 0.1) is 0 Å². The van der Waals surface area contributed by atoms with E-state index in [2.05, 4.69) is 48.0 Å². The molecule has 1 fully saturated rings. The van der Waals surface area contributed by atoms with E-state index in [0.29, 0.717) is 11.6 Å². The average Bonchev–Trinajstić information content (AvgIpc) is 2.55. The lowest BCUT2D eigenvalue weighted by Crippen LogP contribution is -2.53. The highest BCUT2D eigenvalue weighted by Gasteiger charge is 2.27. The van der Waals surface area contributed by atoms with Gasteiger partial charge in [0, 0.05) is 49.3 Å². The molecule has 1 amide bonds. The first-order valence-corrected chi connectivity index (χ1v) is 7.68. The Labute approximate surface area is 131 Å². The number of aryl methyl sites for hydroxylation is 1. The van der Waals surface area contributed by atoms with Gasteiger partial charge in [-0.15, -0.1) is 0 Å². The van der Waals surface area contributed by atoms with Crippen molar-refractivity contribution in [3.63, 3.8) is 0 Å². The van der Waals surface area contributed by atoms with Gasteiger partial charge >= 0.3 is 0 Å². The number of amides is 1. The van der Waals surface area contributed by atoms with Crippen molar-refractivity contribution in [2.24, 2.45) is 0 Å². The van der Waals surface area contributed by atoms with Gasteiger partial charge in [0.25, 0.3) is 5.91 Å². The lowest BCUT2D eigenvalue weighted by Gasteiger charge is -2.41. The van der Waals surface area contributed by atoms with Gasteiger partial charge in [0.2, 0.25) is 0 Å². The first-order chi connectivity index (χ1) is 10.6. The van der Waals surface area contributed by atoms with E-state index in [0.717, 1.165) is 19.6 Å². The number of anilines is 1. The summed E-state index contributed by atoms with van der Waals surface area (Å²) in [5.74, 6) is 0.0955. The van der Waals surface area contributed by atoms with E-state index in [1.165, 1.54) is 11.3 Å². The standard InChI is InChI=1S/C18H21N3O/c1-14-4-3-5-17(12-14)21-11-10-20(13-15(21)2)18(22)16-6-8-19-9-7-16/h3-9,12,15H,10-11,13H2,1-2H3/t15-/m1/s1. The third-order valence-electron chi connectivity index (χ3n) is 4.18. The number of rotatable bonds is 2. The molecule has 22 heavy (non-hydrogen) atoms. The molecule has 3 rings (SSSR count). The molecule has 2 aromatic rings. The highest BCUT2D eigenvalue weighted by atomic mass is 16.2. The summed E-state index contributed by atoms with van der Waals surface area (Å²) in [5.41, 5.74) is 3.22. The predicted molar refractivity (Wildman–Crippen MR) is 88.1 cm³/mol. The van der Waals surface area contributed by atoms with Crippen LogP contribution in [0.5, 0.6) is 0 Å². The van der Waals surface area contributed by atoms with Gasteiger partial charge in [-0.3, -0.25) is 9.78 Å². The summed E-state index contributed by atoms with van der Waals surface area (Å²) in [6, 6.07) is 12.4. The number of carbonyl (C=O) groups excluding carboxylic acids is 1. The maximum Gasteiger partial charge on any atom is 0.254 e. The third-order valence-corrected chi connectivity index (χ3v) is 4.18. The molecule has 0 saturated carbocycles. The maximum atomic E-state index is 12.5. The zero-order chi connectivity index (χ0) is 15.5. The van der Waals surface area contributed by atoms with Crippen LogP contribution < -0.4 is 4.90 Å². The van der Waals surface area contributed by atoms with Gasteiger partial charge < -0.3 is 9.80 Å². The topological polar surface area (TPSA) is 36.4 Å². The molecule has 114 valence electrons. The monoisotopic (exact) mass is 295 g/mol. The van der Waals surface area contributed by atoms with Gasteiger partial charge in [-0.2, -0.15) is 0 Å². The minimum Gasteiger partial charge on any atom is -0.365 e. The van der Waals surface area contributed by atoms with Crippen molar-refractivity contribution in [1.82, 2.24) is 9.88 Å². The summed E-state index contributed by atoms with van der Waals surface area (Å²) in [6.07, 6.45) is 3.33. The smallest absolute Gasteiger partial charge is 0.254 e. The maximum absolute atomic E-state index is 12.5. The van der Waals surface area contributed by atoms with Crippen LogP contribution in [0.4, 0.5) is 5.69 Å². The Hall–Kier alpha value is -2.36. The fourth-order valence-corrected chi connectivity index (χ4v) is 3.01. The Balaban J connectivity index is 1.71. The number of hydrogen-bond acceptors (Lipinski definition) is 3. The first kappa shape index (κ1) is 14.6. The summed E-state index contributed by atoms with van der Waals surface area (Å²) < 4.78 is 0. The van der Waals surface area contributed by atoms with E-state index >= 15 is 0 Å². The van der Waals surface area contributed by atoms with Crippen LogP contribution in [0.1, 0.15) is 22.8 Å². The van der Waals surface area contributed by atoms with E-state index in [1.807, 2.05) is 4.90 Å². The van der Waals surface area contributed by atoms with Gasteiger partial charge in [0.1, 0.15) is 0 Å². The van der Waals surface area contributed by atoms with Gasteiger partial charge in [-0.05, 0) is 43.7 Å². The van der Waals surface area contributed by atoms with Crippen molar-refractivity contribution in [3.05, 3.63) is 59.9 Å². The first-order valence-electron chi connectivity index (χ1n) is 7.68. The molecular weight excluding hydrogens is 274 g/mol.